The van der Waals surface area contributed by atoms with E-state index in [1.807, 2.05) is 0 Å². The van der Waals surface area contributed by atoms with Crippen molar-refractivity contribution in [2.24, 2.45) is 5.92 Å². The maximum absolute atomic E-state index is 5.79. The molecular formula is C11H22BrNO. The van der Waals surface area contributed by atoms with Crippen molar-refractivity contribution in [2.75, 3.05) is 25.0 Å². The zero-order valence-electron chi connectivity index (χ0n) is 9.50. The molecule has 14 heavy (non-hydrogen) atoms. The summed E-state index contributed by atoms with van der Waals surface area (Å²) >= 11 is 3.50. The summed E-state index contributed by atoms with van der Waals surface area (Å²) in [6.07, 6.45) is 2.03. The number of morpholine rings is 1. The van der Waals surface area contributed by atoms with E-state index in [0.717, 1.165) is 24.3 Å². The topological polar surface area (TPSA) is 12.5 Å². The van der Waals surface area contributed by atoms with E-state index in [1.54, 1.807) is 0 Å². The molecule has 84 valence electrons. The molecule has 1 saturated heterocycles. The van der Waals surface area contributed by atoms with Crippen molar-refractivity contribution >= 4 is 15.9 Å². The fraction of sp³-hybridized carbons (Fsp3) is 1.00. The van der Waals surface area contributed by atoms with Gasteiger partial charge in [0.2, 0.25) is 0 Å². The first-order chi connectivity index (χ1) is 6.65. The van der Waals surface area contributed by atoms with Crippen LogP contribution in [0.5, 0.6) is 0 Å². The second-order valence-corrected chi connectivity index (χ2v) is 5.10. The van der Waals surface area contributed by atoms with Crippen molar-refractivity contribution in [2.45, 2.75) is 39.4 Å². The lowest BCUT2D eigenvalue weighted by Gasteiger charge is -2.37. The summed E-state index contributed by atoms with van der Waals surface area (Å²) in [5.74, 6) is 0.802. The van der Waals surface area contributed by atoms with Gasteiger partial charge < -0.3 is 4.74 Å². The van der Waals surface area contributed by atoms with Gasteiger partial charge in [-0.3, -0.25) is 4.90 Å². The lowest BCUT2D eigenvalue weighted by molar-refractivity contribution is -0.0683. The van der Waals surface area contributed by atoms with Gasteiger partial charge in [-0.2, -0.15) is 0 Å². The van der Waals surface area contributed by atoms with E-state index in [2.05, 4.69) is 41.6 Å². The Hall–Kier alpha value is 0.400. The van der Waals surface area contributed by atoms with Gasteiger partial charge in [0.05, 0.1) is 12.2 Å². The zero-order chi connectivity index (χ0) is 10.6. The number of alkyl halides is 1. The minimum Gasteiger partial charge on any atom is -0.372 e. The van der Waals surface area contributed by atoms with E-state index in [-0.39, 0.29) is 0 Å². The van der Waals surface area contributed by atoms with Crippen molar-refractivity contribution < 1.29 is 4.74 Å². The van der Waals surface area contributed by atoms with Crippen LogP contribution in [0.3, 0.4) is 0 Å². The maximum atomic E-state index is 5.79. The van der Waals surface area contributed by atoms with Crippen LogP contribution in [-0.4, -0.2) is 42.1 Å². The molecule has 1 fully saturated rings. The summed E-state index contributed by atoms with van der Waals surface area (Å²) < 4.78 is 5.79. The molecule has 1 heterocycles. The highest BCUT2D eigenvalue weighted by molar-refractivity contribution is 9.09. The quantitative estimate of drug-likeness (QED) is 0.723. The molecular weight excluding hydrogens is 242 g/mol. The largest absolute Gasteiger partial charge is 0.372 e. The normalized spacial score (nSPS) is 31.7. The minimum atomic E-state index is 0.378. The Morgan fingerprint density at radius 1 is 1.50 bits per heavy atom. The summed E-state index contributed by atoms with van der Waals surface area (Å²) in [7, 11) is 0. The first kappa shape index (κ1) is 12.5. The van der Waals surface area contributed by atoms with E-state index < -0.39 is 0 Å². The molecule has 0 N–H and O–H groups in total. The molecule has 0 aromatic carbocycles. The molecule has 0 bridgehead atoms. The van der Waals surface area contributed by atoms with Crippen LogP contribution in [-0.2, 0) is 4.74 Å². The predicted molar refractivity (Wildman–Crippen MR) is 64.0 cm³/mol. The van der Waals surface area contributed by atoms with Crippen LogP contribution in [0.4, 0.5) is 0 Å². The fourth-order valence-corrected chi connectivity index (χ4v) is 2.30. The summed E-state index contributed by atoms with van der Waals surface area (Å²) in [4.78, 5) is 2.54. The number of rotatable bonds is 4. The first-order valence-electron chi connectivity index (χ1n) is 5.59. The molecule has 0 aliphatic carbocycles. The average molecular weight is 264 g/mol. The smallest absolute Gasteiger partial charge is 0.0802 e. The molecule has 0 aromatic rings. The van der Waals surface area contributed by atoms with Gasteiger partial charge in [-0.15, -0.1) is 0 Å². The molecule has 0 radical (unpaired) electrons. The maximum Gasteiger partial charge on any atom is 0.0802 e. The van der Waals surface area contributed by atoms with Gasteiger partial charge >= 0.3 is 0 Å². The van der Waals surface area contributed by atoms with Gasteiger partial charge in [0, 0.05) is 25.0 Å². The molecule has 2 nitrogen and oxygen atoms in total. The van der Waals surface area contributed by atoms with Crippen LogP contribution in [0.15, 0.2) is 0 Å². The highest BCUT2D eigenvalue weighted by Gasteiger charge is 2.24. The number of hydrogen-bond donors (Lipinski definition) is 0. The average Bonchev–Trinajstić information content (AvgIpc) is 2.16. The molecule has 0 amide bonds. The fourth-order valence-electron chi connectivity index (χ4n) is 1.94. The van der Waals surface area contributed by atoms with Crippen LogP contribution in [0.1, 0.15) is 27.2 Å². The Kier molecular flexibility index (Phi) is 5.42. The number of nitrogens with zero attached hydrogens (tertiary/aromatic N) is 1. The third-order valence-corrected chi connectivity index (χ3v) is 3.56. The second kappa shape index (κ2) is 6.09. The van der Waals surface area contributed by atoms with Crippen LogP contribution in [0.25, 0.3) is 0 Å². The Balaban J connectivity index is 2.37. The molecule has 0 saturated carbocycles. The third-order valence-electron chi connectivity index (χ3n) is 2.84. The molecule has 1 aliphatic rings. The first-order valence-corrected chi connectivity index (χ1v) is 6.71. The molecule has 1 aliphatic heterocycles. The SMILES string of the molecule is CCC(C)CN1CC(C)OC(CBr)C1. The Bertz CT molecular complexity index is 163. The second-order valence-electron chi connectivity index (χ2n) is 4.45. The monoisotopic (exact) mass is 263 g/mol. The van der Waals surface area contributed by atoms with E-state index in [9.17, 15) is 0 Å². The van der Waals surface area contributed by atoms with E-state index >= 15 is 0 Å². The molecule has 0 aromatic heterocycles. The predicted octanol–water partition coefficient (Wildman–Crippen LogP) is 2.52. The third kappa shape index (κ3) is 3.87. The summed E-state index contributed by atoms with van der Waals surface area (Å²) in [5.41, 5.74) is 0. The summed E-state index contributed by atoms with van der Waals surface area (Å²) in [5, 5.41) is 0.953. The van der Waals surface area contributed by atoms with Crippen molar-refractivity contribution in [3.8, 4) is 0 Å². The van der Waals surface area contributed by atoms with Gasteiger partial charge in [-0.05, 0) is 12.8 Å². The minimum absolute atomic E-state index is 0.378. The van der Waals surface area contributed by atoms with Gasteiger partial charge in [-0.25, -0.2) is 0 Å². The van der Waals surface area contributed by atoms with Crippen molar-refractivity contribution in [1.82, 2.24) is 4.90 Å². The van der Waals surface area contributed by atoms with Crippen LogP contribution < -0.4 is 0 Å². The Morgan fingerprint density at radius 3 is 2.79 bits per heavy atom. The van der Waals surface area contributed by atoms with Gasteiger partial charge in [-0.1, -0.05) is 36.2 Å². The number of ether oxygens (including phenoxy) is 1. The number of hydrogen-bond acceptors (Lipinski definition) is 2. The van der Waals surface area contributed by atoms with Gasteiger partial charge in [0.1, 0.15) is 0 Å². The highest BCUT2D eigenvalue weighted by atomic mass is 79.9. The highest BCUT2D eigenvalue weighted by Crippen LogP contribution is 2.15. The molecule has 3 unspecified atom stereocenters. The lowest BCUT2D eigenvalue weighted by Crippen LogP contribution is -2.48. The summed E-state index contributed by atoms with van der Waals surface area (Å²) in [6, 6.07) is 0. The van der Waals surface area contributed by atoms with Crippen molar-refractivity contribution in [3.05, 3.63) is 0 Å². The zero-order valence-corrected chi connectivity index (χ0v) is 11.1. The van der Waals surface area contributed by atoms with E-state index in [4.69, 9.17) is 4.74 Å². The standard InChI is InChI=1S/C11H22BrNO/c1-4-9(2)6-13-7-10(3)14-11(5-12)8-13/h9-11H,4-8H2,1-3H3. The van der Waals surface area contributed by atoms with Gasteiger partial charge in [0.15, 0.2) is 0 Å². The van der Waals surface area contributed by atoms with Crippen LogP contribution >= 0.6 is 15.9 Å². The lowest BCUT2D eigenvalue weighted by atomic mass is 10.1. The Morgan fingerprint density at radius 2 is 2.21 bits per heavy atom. The van der Waals surface area contributed by atoms with Gasteiger partial charge in [0.25, 0.3) is 0 Å². The molecule has 3 atom stereocenters. The van der Waals surface area contributed by atoms with E-state index in [0.29, 0.717) is 12.2 Å². The van der Waals surface area contributed by atoms with Crippen molar-refractivity contribution in [1.29, 1.82) is 0 Å². The molecule has 0 spiro atoms. The Labute approximate surface area is 96.1 Å². The molecule has 1 rings (SSSR count). The van der Waals surface area contributed by atoms with Crippen LogP contribution in [0, 0.1) is 5.92 Å². The van der Waals surface area contributed by atoms with Crippen LogP contribution in [0.2, 0.25) is 0 Å². The number of halogens is 1. The molecule has 3 heteroatoms. The summed E-state index contributed by atoms with van der Waals surface area (Å²) in [6.45, 7) is 10.1. The van der Waals surface area contributed by atoms with E-state index in [1.165, 1.54) is 13.0 Å². The van der Waals surface area contributed by atoms with Crippen molar-refractivity contribution in [3.63, 3.8) is 0 Å².